The molecule has 7 heteroatoms. The third-order valence-corrected chi connectivity index (χ3v) is 6.40. The zero-order chi connectivity index (χ0) is 24.8. The summed E-state index contributed by atoms with van der Waals surface area (Å²) in [6, 6.07) is 18.2. The van der Waals surface area contributed by atoms with Crippen molar-refractivity contribution in [2.45, 2.75) is 32.2 Å². The van der Waals surface area contributed by atoms with E-state index in [1.54, 1.807) is 6.26 Å². The van der Waals surface area contributed by atoms with Gasteiger partial charge in [0.25, 0.3) is 5.91 Å². The maximum atomic E-state index is 13.3. The van der Waals surface area contributed by atoms with Crippen LogP contribution in [0.3, 0.4) is 0 Å². The van der Waals surface area contributed by atoms with Crippen LogP contribution in [0.25, 0.3) is 0 Å². The molecule has 1 saturated heterocycles. The fraction of sp³-hybridized carbons (Fsp3) is 0.393. The van der Waals surface area contributed by atoms with Crippen LogP contribution in [-0.2, 0) is 10.2 Å². The van der Waals surface area contributed by atoms with Crippen LogP contribution in [0.5, 0.6) is 5.75 Å². The third-order valence-electron chi connectivity index (χ3n) is 6.40. The molecule has 1 N–H and O–H groups in total. The minimum atomic E-state index is -0.230. The molecule has 0 aliphatic carbocycles. The highest BCUT2D eigenvalue weighted by Gasteiger charge is 2.27. The molecule has 1 aliphatic heterocycles. The van der Waals surface area contributed by atoms with Gasteiger partial charge in [-0.25, -0.2) is 4.39 Å². The summed E-state index contributed by atoms with van der Waals surface area (Å²) in [6.45, 7) is 10.1. The van der Waals surface area contributed by atoms with E-state index in [1.807, 2.05) is 48.5 Å². The molecule has 2 aromatic carbocycles. The van der Waals surface area contributed by atoms with Gasteiger partial charge in [0, 0.05) is 38.4 Å². The number of carbonyl (C=O) groups excluding carboxylic acids is 1. The molecule has 0 spiro atoms. The number of carbonyl (C=O) groups is 1. The summed E-state index contributed by atoms with van der Waals surface area (Å²) in [6.07, 6.45) is 1.66. The van der Waals surface area contributed by atoms with Crippen LogP contribution in [0.1, 0.15) is 38.1 Å². The van der Waals surface area contributed by atoms with Gasteiger partial charge in [-0.3, -0.25) is 9.69 Å². The van der Waals surface area contributed by atoms with E-state index in [-0.39, 0.29) is 29.8 Å². The molecule has 1 amide bonds. The van der Waals surface area contributed by atoms with Gasteiger partial charge in [0.05, 0.1) is 12.3 Å². The number of anilines is 1. The number of rotatable bonds is 8. The first-order valence-electron chi connectivity index (χ1n) is 12.1. The molecule has 35 heavy (non-hydrogen) atoms. The Balaban J connectivity index is 1.30. The lowest BCUT2D eigenvalue weighted by Crippen LogP contribution is -2.50. The number of halogens is 1. The van der Waals surface area contributed by atoms with Crippen molar-refractivity contribution in [2.75, 3.05) is 44.2 Å². The fourth-order valence-corrected chi connectivity index (χ4v) is 4.30. The molecular weight excluding hydrogens is 445 g/mol. The van der Waals surface area contributed by atoms with Gasteiger partial charge >= 0.3 is 0 Å². The number of hydrogen-bond acceptors (Lipinski definition) is 5. The number of nitrogens with zero attached hydrogens (tertiary/aromatic N) is 2. The molecule has 0 radical (unpaired) electrons. The molecule has 3 aromatic rings. The second-order valence-corrected chi connectivity index (χ2v) is 9.90. The van der Waals surface area contributed by atoms with E-state index in [9.17, 15) is 9.18 Å². The quantitative estimate of drug-likeness (QED) is 0.504. The lowest BCUT2D eigenvalue weighted by atomic mass is 9.87. The van der Waals surface area contributed by atoms with E-state index >= 15 is 0 Å². The van der Waals surface area contributed by atoms with Crippen molar-refractivity contribution in [3.8, 4) is 5.75 Å². The Morgan fingerprint density at radius 1 is 1.03 bits per heavy atom. The lowest BCUT2D eigenvalue weighted by Gasteiger charge is -2.39. The molecular formula is C28H34FN3O3. The molecule has 0 saturated carbocycles. The summed E-state index contributed by atoms with van der Waals surface area (Å²) in [7, 11) is 0. The number of amides is 1. The van der Waals surface area contributed by atoms with E-state index in [1.165, 1.54) is 17.7 Å². The predicted molar refractivity (Wildman–Crippen MR) is 135 cm³/mol. The SMILES string of the molecule is CC(C)(C)c1ccc(OCC(=O)NCC(c2ccco2)N2CCN(c3ccc(F)cc3)CC2)cc1. The van der Waals surface area contributed by atoms with E-state index in [2.05, 4.69) is 35.9 Å². The maximum Gasteiger partial charge on any atom is 0.258 e. The first kappa shape index (κ1) is 24.8. The first-order chi connectivity index (χ1) is 16.8. The Labute approximate surface area is 206 Å². The Kier molecular flexibility index (Phi) is 7.76. The van der Waals surface area contributed by atoms with E-state index in [0.717, 1.165) is 37.6 Å². The molecule has 186 valence electrons. The van der Waals surface area contributed by atoms with Crippen molar-refractivity contribution in [3.63, 3.8) is 0 Å². The van der Waals surface area contributed by atoms with Crippen LogP contribution in [0, 0.1) is 5.82 Å². The van der Waals surface area contributed by atoms with Crippen LogP contribution in [0.4, 0.5) is 10.1 Å². The van der Waals surface area contributed by atoms with Gasteiger partial charge < -0.3 is 19.4 Å². The highest BCUT2D eigenvalue weighted by molar-refractivity contribution is 5.77. The molecule has 1 unspecified atom stereocenters. The zero-order valence-corrected chi connectivity index (χ0v) is 20.7. The largest absolute Gasteiger partial charge is 0.484 e. The number of benzene rings is 2. The van der Waals surface area contributed by atoms with Crippen molar-refractivity contribution in [1.82, 2.24) is 10.2 Å². The highest BCUT2D eigenvalue weighted by atomic mass is 19.1. The van der Waals surface area contributed by atoms with Crippen molar-refractivity contribution in [2.24, 2.45) is 0 Å². The monoisotopic (exact) mass is 479 g/mol. The normalized spacial score (nSPS) is 15.6. The van der Waals surface area contributed by atoms with E-state index in [4.69, 9.17) is 9.15 Å². The van der Waals surface area contributed by atoms with E-state index in [0.29, 0.717) is 12.3 Å². The Morgan fingerprint density at radius 2 is 1.71 bits per heavy atom. The van der Waals surface area contributed by atoms with Gasteiger partial charge in [0.1, 0.15) is 17.3 Å². The number of ether oxygens (including phenoxy) is 1. The van der Waals surface area contributed by atoms with Crippen molar-refractivity contribution in [1.29, 1.82) is 0 Å². The molecule has 1 fully saturated rings. The third kappa shape index (κ3) is 6.63. The van der Waals surface area contributed by atoms with Gasteiger partial charge in [-0.1, -0.05) is 32.9 Å². The van der Waals surface area contributed by atoms with Crippen molar-refractivity contribution < 1.29 is 18.3 Å². The van der Waals surface area contributed by atoms with Gasteiger partial charge in [-0.15, -0.1) is 0 Å². The van der Waals surface area contributed by atoms with E-state index < -0.39 is 0 Å². The summed E-state index contributed by atoms with van der Waals surface area (Å²) in [5.41, 5.74) is 2.30. The molecule has 2 heterocycles. The topological polar surface area (TPSA) is 58.0 Å². The second kappa shape index (κ2) is 11.0. The highest BCUT2D eigenvalue weighted by Crippen LogP contribution is 2.25. The fourth-order valence-electron chi connectivity index (χ4n) is 4.30. The summed E-state index contributed by atoms with van der Waals surface area (Å²) in [5.74, 6) is 1.09. The van der Waals surface area contributed by atoms with Crippen LogP contribution in [0.2, 0.25) is 0 Å². The predicted octanol–water partition coefficient (Wildman–Crippen LogP) is 4.77. The minimum Gasteiger partial charge on any atom is -0.484 e. The minimum absolute atomic E-state index is 0.0436. The van der Waals surface area contributed by atoms with Crippen LogP contribution in [-0.4, -0.2) is 50.1 Å². The Morgan fingerprint density at radius 3 is 2.31 bits per heavy atom. The van der Waals surface area contributed by atoms with Gasteiger partial charge in [-0.2, -0.15) is 0 Å². The van der Waals surface area contributed by atoms with Gasteiger partial charge in [0.2, 0.25) is 0 Å². The van der Waals surface area contributed by atoms with Crippen molar-refractivity contribution in [3.05, 3.63) is 84.1 Å². The van der Waals surface area contributed by atoms with Crippen LogP contribution in [0.15, 0.2) is 71.3 Å². The molecule has 0 bridgehead atoms. The Bertz CT molecular complexity index is 1070. The van der Waals surface area contributed by atoms with Gasteiger partial charge in [0.15, 0.2) is 6.61 Å². The molecule has 4 rings (SSSR count). The Hall–Kier alpha value is -3.32. The summed E-state index contributed by atoms with van der Waals surface area (Å²) in [4.78, 5) is 17.1. The summed E-state index contributed by atoms with van der Waals surface area (Å²) in [5, 5.41) is 3.00. The number of hydrogen-bond donors (Lipinski definition) is 1. The standard InChI is InChI=1S/C28H34FN3O3/c1-28(2,3)21-6-12-24(13-7-21)35-20-27(33)30-19-25(26-5-4-18-34-26)32-16-14-31(15-17-32)23-10-8-22(29)9-11-23/h4-13,18,25H,14-17,19-20H2,1-3H3,(H,30,33). The number of furan rings is 1. The average molecular weight is 480 g/mol. The molecule has 1 atom stereocenters. The van der Waals surface area contributed by atoms with Gasteiger partial charge in [-0.05, 0) is 59.5 Å². The molecule has 1 aliphatic rings. The number of nitrogens with one attached hydrogen (secondary N) is 1. The first-order valence-corrected chi connectivity index (χ1v) is 12.1. The van der Waals surface area contributed by atoms with Crippen molar-refractivity contribution >= 4 is 11.6 Å². The molecule has 1 aromatic heterocycles. The zero-order valence-electron chi connectivity index (χ0n) is 20.7. The summed E-state index contributed by atoms with van der Waals surface area (Å²) < 4.78 is 24.6. The lowest BCUT2D eigenvalue weighted by molar-refractivity contribution is -0.123. The average Bonchev–Trinajstić information content (AvgIpc) is 3.38. The second-order valence-electron chi connectivity index (χ2n) is 9.90. The maximum absolute atomic E-state index is 13.3. The van der Waals surface area contributed by atoms with Crippen LogP contribution >= 0.6 is 0 Å². The smallest absolute Gasteiger partial charge is 0.258 e. The molecule has 6 nitrogen and oxygen atoms in total. The van der Waals surface area contributed by atoms with Crippen LogP contribution < -0.4 is 15.0 Å². The number of piperazine rings is 1. The summed E-state index contributed by atoms with van der Waals surface area (Å²) >= 11 is 0.